The molecule has 3 rings (SSSR count). The molecule has 1 aromatic heterocycles. The van der Waals surface area contributed by atoms with Gasteiger partial charge in [-0.15, -0.1) is 0 Å². The van der Waals surface area contributed by atoms with E-state index >= 15 is 0 Å². The van der Waals surface area contributed by atoms with Gasteiger partial charge in [-0.05, 0) is 24.1 Å². The van der Waals surface area contributed by atoms with Crippen molar-refractivity contribution in [1.29, 1.82) is 5.41 Å². The molecule has 1 unspecified atom stereocenters. The molecule has 22 heavy (non-hydrogen) atoms. The third-order valence-corrected chi connectivity index (χ3v) is 3.91. The number of nitrogens with one attached hydrogen (secondary N) is 1. The molecule has 0 radical (unpaired) electrons. The maximum absolute atomic E-state index is 9.74. The highest BCUT2D eigenvalue weighted by molar-refractivity contribution is 5.95. The Kier molecular flexibility index (Phi) is 3.68. The van der Waals surface area contributed by atoms with Gasteiger partial charge in [0.1, 0.15) is 5.82 Å². The van der Waals surface area contributed by atoms with Gasteiger partial charge < -0.3 is 26.9 Å². The van der Waals surface area contributed by atoms with E-state index < -0.39 is 0 Å². The predicted molar refractivity (Wildman–Crippen MR) is 89.9 cm³/mol. The number of nitrogens with zero attached hydrogens (tertiary/aromatic N) is 2. The number of β-amino-alcohol motifs (C(OH)–C–C–N with tert-alkyl or cyclic N) is 1. The van der Waals surface area contributed by atoms with Gasteiger partial charge in [0.15, 0.2) is 0 Å². The molecule has 0 bridgehead atoms. The number of pyridine rings is 1. The fourth-order valence-corrected chi connectivity index (χ4v) is 2.82. The molecule has 1 aromatic carbocycles. The Bertz CT molecular complexity index is 756. The third-order valence-electron chi connectivity index (χ3n) is 3.91. The second kappa shape index (κ2) is 5.65. The first kappa shape index (κ1) is 14.3. The summed E-state index contributed by atoms with van der Waals surface area (Å²) < 4.78 is 0. The molecule has 114 valence electrons. The number of aliphatic hydroxyl groups is 1. The van der Waals surface area contributed by atoms with Crippen LogP contribution in [-0.4, -0.2) is 35.5 Å². The Balaban J connectivity index is 2.11. The topological polar surface area (TPSA) is 112 Å². The molecule has 6 heteroatoms. The molecule has 0 amide bonds. The van der Waals surface area contributed by atoms with Crippen LogP contribution in [-0.2, 0) is 0 Å². The van der Waals surface area contributed by atoms with Crippen LogP contribution >= 0.6 is 0 Å². The van der Waals surface area contributed by atoms with Gasteiger partial charge in [0, 0.05) is 42.1 Å². The van der Waals surface area contributed by atoms with Crippen LogP contribution in [0, 0.1) is 5.41 Å². The van der Waals surface area contributed by atoms with Gasteiger partial charge in [-0.3, -0.25) is 0 Å². The predicted octanol–water partition coefficient (Wildman–Crippen LogP) is 1.34. The highest BCUT2D eigenvalue weighted by Gasteiger charge is 2.22. The molecule has 0 aliphatic carbocycles. The normalized spacial score (nSPS) is 18.9. The van der Waals surface area contributed by atoms with Gasteiger partial charge in [0.2, 0.25) is 0 Å². The van der Waals surface area contributed by atoms with E-state index in [1.807, 2.05) is 24.3 Å². The standard InChI is InChI=1S/C16H19N5O/c17-5-3-13(18)10-1-2-12-14(7-10)20-16(19)8-15(12)21-6-4-11(22)9-21/h1-3,5,7-8,11,17,22H,4,6,9,18H2,(H2,19,20)/b13-3-,17-5?. The van der Waals surface area contributed by atoms with Gasteiger partial charge in [0.05, 0.1) is 11.6 Å². The summed E-state index contributed by atoms with van der Waals surface area (Å²) in [7, 11) is 0. The Labute approximate surface area is 128 Å². The van der Waals surface area contributed by atoms with Gasteiger partial charge >= 0.3 is 0 Å². The van der Waals surface area contributed by atoms with Crippen molar-refractivity contribution < 1.29 is 5.11 Å². The lowest BCUT2D eigenvalue weighted by Gasteiger charge is -2.20. The maximum Gasteiger partial charge on any atom is 0.126 e. The van der Waals surface area contributed by atoms with Crippen molar-refractivity contribution in [3.8, 4) is 0 Å². The number of aromatic nitrogens is 1. The van der Waals surface area contributed by atoms with Crippen LogP contribution in [0.4, 0.5) is 11.5 Å². The van der Waals surface area contributed by atoms with E-state index in [0.717, 1.165) is 41.3 Å². The Morgan fingerprint density at radius 3 is 2.91 bits per heavy atom. The summed E-state index contributed by atoms with van der Waals surface area (Å²) in [6.07, 6.45) is 3.15. The second-order valence-corrected chi connectivity index (χ2v) is 5.48. The Hall–Kier alpha value is -2.60. The van der Waals surface area contributed by atoms with Crippen molar-refractivity contribution in [2.75, 3.05) is 23.7 Å². The summed E-state index contributed by atoms with van der Waals surface area (Å²) in [4.78, 5) is 6.51. The number of hydrogen-bond acceptors (Lipinski definition) is 6. The molecule has 1 atom stereocenters. The highest BCUT2D eigenvalue weighted by Crippen LogP contribution is 2.31. The van der Waals surface area contributed by atoms with E-state index in [9.17, 15) is 5.11 Å². The molecule has 0 spiro atoms. The first-order chi connectivity index (χ1) is 10.6. The zero-order valence-electron chi connectivity index (χ0n) is 12.2. The van der Waals surface area contributed by atoms with Crippen LogP contribution in [0.5, 0.6) is 0 Å². The molecular formula is C16H19N5O. The summed E-state index contributed by atoms with van der Waals surface area (Å²) >= 11 is 0. The molecule has 1 aliphatic rings. The molecule has 1 fully saturated rings. The van der Waals surface area contributed by atoms with E-state index in [2.05, 4.69) is 9.88 Å². The largest absolute Gasteiger partial charge is 0.398 e. The minimum absolute atomic E-state index is 0.296. The van der Waals surface area contributed by atoms with Crippen molar-refractivity contribution in [3.63, 3.8) is 0 Å². The lowest BCUT2D eigenvalue weighted by atomic mass is 10.1. The van der Waals surface area contributed by atoms with Crippen molar-refractivity contribution in [3.05, 3.63) is 35.9 Å². The van der Waals surface area contributed by atoms with Gasteiger partial charge in [-0.2, -0.15) is 0 Å². The number of rotatable bonds is 3. The fraction of sp³-hybridized carbons (Fsp3) is 0.250. The van der Waals surface area contributed by atoms with Gasteiger partial charge in [0.25, 0.3) is 0 Å². The second-order valence-electron chi connectivity index (χ2n) is 5.48. The van der Waals surface area contributed by atoms with Crippen molar-refractivity contribution in [2.45, 2.75) is 12.5 Å². The van der Waals surface area contributed by atoms with E-state index in [0.29, 0.717) is 18.1 Å². The first-order valence-electron chi connectivity index (χ1n) is 7.18. The number of nitrogen functional groups attached to an aromatic ring is 1. The smallest absolute Gasteiger partial charge is 0.126 e. The lowest BCUT2D eigenvalue weighted by Crippen LogP contribution is -2.21. The Morgan fingerprint density at radius 2 is 2.23 bits per heavy atom. The Morgan fingerprint density at radius 1 is 1.41 bits per heavy atom. The number of benzene rings is 1. The fourth-order valence-electron chi connectivity index (χ4n) is 2.82. The maximum atomic E-state index is 9.74. The number of hydrogen-bond donors (Lipinski definition) is 4. The van der Waals surface area contributed by atoms with Crippen LogP contribution in [0.1, 0.15) is 12.0 Å². The number of allylic oxidation sites excluding steroid dienone is 1. The zero-order chi connectivity index (χ0) is 15.7. The number of anilines is 2. The number of aliphatic hydroxyl groups excluding tert-OH is 1. The van der Waals surface area contributed by atoms with Gasteiger partial charge in [-0.25, -0.2) is 4.98 Å². The van der Waals surface area contributed by atoms with Gasteiger partial charge in [-0.1, -0.05) is 12.1 Å². The van der Waals surface area contributed by atoms with Crippen LogP contribution < -0.4 is 16.4 Å². The highest BCUT2D eigenvalue weighted by atomic mass is 16.3. The summed E-state index contributed by atoms with van der Waals surface area (Å²) in [5.74, 6) is 0.440. The summed E-state index contributed by atoms with van der Waals surface area (Å²) in [6.45, 7) is 1.41. The van der Waals surface area contributed by atoms with Crippen molar-refractivity contribution in [1.82, 2.24) is 4.98 Å². The SMILES string of the molecule is N=C/C=C(\N)c1ccc2c(N3CCC(O)C3)cc(N)nc2c1. The summed E-state index contributed by atoms with van der Waals surface area (Å²) in [6, 6.07) is 7.58. The third kappa shape index (κ3) is 2.60. The average molecular weight is 297 g/mol. The first-order valence-corrected chi connectivity index (χ1v) is 7.18. The number of nitrogens with two attached hydrogens (primary N) is 2. The summed E-state index contributed by atoms with van der Waals surface area (Å²) in [5, 5.41) is 17.8. The van der Waals surface area contributed by atoms with Crippen molar-refractivity contribution in [2.24, 2.45) is 5.73 Å². The quantitative estimate of drug-likeness (QED) is 0.639. The molecule has 1 saturated heterocycles. The minimum atomic E-state index is -0.296. The van der Waals surface area contributed by atoms with Crippen LogP contribution in [0.3, 0.4) is 0 Å². The van der Waals surface area contributed by atoms with E-state index in [-0.39, 0.29) is 6.10 Å². The molecule has 0 saturated carbocycles. The molecule has 2 aromatic rings. The van der Waals surface area contributed by atoms with Crippen LogP contribution in [0.2, 0.25) is 0 Å². The number of fused-ring (bicyclic) bond motifs is 1. The van der Waals surface area contributed by atoms with E-state index in [1.54, 1.807) is 0 Å². The van der Waals surface area contributed by atoms with Crippen molar-refractivity contribution >= 4 is 34.3 Å². The summed E-state index contributed by atoms with van der Waals surface area (Å²) in [5.41, 5.74) is 14.9. The zero-order valence-corrected chi connectivity index (χ0v) is 12.2. The average Bonchev–Trinajstić information content (AvgIpc) is 2.92. The van der Waals surface area contributed by atoms with E-state index in [4.69, 9.17) is 16.9 Å². The van der Waals surface area contributed by atoms with E-state index in [1.165, 1.54) is 6.08 Å². The lowest BCUT2D eigenvalue weighted by molar-refractivity contribution is 0.198. The molecule has 6 N–H and O–H groups in total. The minimum Gasteiger partial charge on any atom is -0.398 e. The molecule has 2 heterocycles. The monoisotopic (exact) mass is 297 g/mol. The molecule has 1 aliphatic heterocycles. The molecule has 6 nitrogen and oxygen atoms in total. The molecular weight excluding hydrogens is 278 g/mol. The van der Waals surface area contributed by atoms with Crippen LogP contribution in [0.25, 0.3) is 16.6 Å². The van der Waals surface area contributed by atoms with Crippen LogP contribution in [0.15, 0.2) is 30.3 Å².